The number of nitrogens with zero attached hydrogens (tertiary/aromatic N) is 2. The maximum absolute atomic E-state index is 13.6. The minimum absolute atomic E-state index is 0.00821. The van der Waals surface area contributed by atoms with Crippen LogP contribution in [0, 0.1) is 5.82 Å². The first-order chi connectivity index (χ1) is 11.5. The summed E-state index contributed by atoms with van der Waals surface area (Å²) in [5.41, 5.74) is 2.09. The highest BCUT2D eigenvalue weighted by Crippen LogP contribution is 2.28. The van der Waals surface area contributed by atoms with Crippen LogP contribution in [0.5, 0.6) is 5.75 Å². The summed E-state index contributed by atoms with van der Waals surface area (Å²) < 4.78 is 13.6. The van der Waals surface area contributed by atoms with Crippen molar-refractivity contribution in [1.29, 1.82) is 0 Å². The number of rotatable bonds is 4. The third-order valence-electron chi connectivity index (χ3n) is 4.17. The number of halogens is 2. The first kappa shape index (κ1) is 16.9. The van der Waals surface area contributed by atoms with Gasteiger partial charge >= 0.3 is 0 Å². The topological polar surface area (TPSA) is 69.2 Å². The van der Waals surface area contributed by atoms with Crippen molar-refractivity contribution in [1.82, 2.24) is 14.9 Å². The van der Waals surface area contributed by atoms with Gasteiger partial charge in [0.05, 0.1) is 16.3 Å². The Kier molecular flexibility index (Phi) is 4.87. The molecule has 1 aromatic heterocycles. The van der Waals surface area contributed by atoms with E-state index in [9.17, 15) is 14.3 Å². The molecule has 0 bridgehead atoms. The van der Waals surface area contributed by atoms with Crippen LogP contribution < -0.4 is 5.56 Å². The van der Waals surface area contributed by atoms with Gasteiger partial charge in [-0.15, -0.1) is 0 Å². The van der Waals surface area contributed by atoms with E-state index in [1.807, 2.05) is 11.8 Å². The zero-order chi connectivity index (χ0) is 17.3. The highest BCUT2D eigenvalue weighted by Gasteiger charge is 2.21. The maximum Gasteiger partial charge on any atom is 0.255 e. The third-order valence-corrected chi connectivity index (χ3v) is 4.45. The zero-order valence-corrected chi connectivity index (χ0v) is 14.2. The van der Waals surface area contributed by atoms with Gasteiger partial charge in [0.2, 0.25) is 0 Å². The van der Waals surface area contributed by atoms with Crippen LogP contribution in [0.2, 0.25) is 5.02 Å². The lowest BCUT2D eigenvalue weighted by atomic mass is 10.1. The van der Waals surface area contributed by atoms with Gasteiger partial charge < -0.3 is 10.1 Å². The number of benzene rings is 1. The largest absolute Gasteiger partial charge is 0.504 e. The van der Waals surface area contributed by atoms with Crippen molar-refractivity contribution in [2.24, 2.45) is 0 Å². The summed E-state index contributed by atoms with van der Waals surface area (Å²) >= 11 is 5.82. The number of fused-ring (bicyclic) bond motifs is 1. The van der Waals surface area contributed by atoms with Gasteiger partial charge in [-0.1, -0.05) is 18.5 Å². The van der Waals surface area contributed by atoms with Gasteiger partial charge in [0.15, 0.2) is 11.6 Å². The lowest BCUT2D eigenvalue weighted by Crippen LogP contribution is -2.35. The summed E-state index contributed by atoms with van der Waals surface area (Å²) in [5, 5.41) is 9.39. The monoisotopic (exact) mass is 351 g/mol. The fraction of sp³-hybridized carbons (Fsp3) is 0.412. The predicted octanol–water partition coefficient (Wildman–Crippen LogP) is 2.78. The van der Waals surface area contributed by atoms with Crippen molar-refractivity contribution < 1.29 is 9.50 Å². The summed E-state index contributed by atoms with van der Waals surface area (Å²) in [6.45, 7) is 3.69. The van der Waals surface area contributed by atoms with Crippen molar-refractivity contribution in [3.63, 3.8) is 0 Å². The molecule has 5 nitrogen and oxygen atoms in total. The van der Waals surface area contributed by atoms with Gasteiger partial charge in [-0.05, 0) is 24.1 Å². The summed E-state index contributed by atoms with van der Waals surface area (Å²) in [5.74, 6) is -0.533. The predicted molar refractivity (Wildman–Crippen MR) is 89.7 cm³/mol. The normalized spacial score (nSPS) is 14.6. The molecule has 0 spiro atoms. The molecule has 0 amide bonds. The average Bonchev–Trinajstić information content (AvgIpc) is 2.53. The molecule has 2 N–H and O–H groups in total. The molecular weight excluding hydrogens is 333 g/mol. The van der Waals surface area contributed by atoms with E-state index < -0.39 is 11.6 Å². The number of H-pyrrole nitrogens is 1. The van der Waals surface area contributed by atoms with Crippen molar-refractivity contribution >= 4 is 11.6 Å². The minimum Gasteiger partial charge on any atom is -0.504 e. The second kappa shape index (κ2) is 6.91. The number of hydrogen-bond acceptors (Lipinski definition) is 4. The maximum atomic E-state index is 13.6. The molecule has 2 aromatic rings. The third kappa shape index (κ3) is 3.44. The van der Waals surface area contributed by atoms with Gasteiger partial charge in [-0.25, -0.2) is 9.37 Å². The molecule has 0 unspecified atom stereocenters. The second-order valence-electron chi connectivity index (χ2n) is 6.06. The van der Waals surface area contributed by atoms with E-state index in [-0.39, 0.29) is 10.6 Å². The molecule has 0 fully saturated rings. The highest BCUT2D eigenvalue weighted by molar-refractivity contribution is 6.32. The second-order valence-corrected chi connectivity index (χ2v) is 6.46. The van der Waals surface area contributed by atoms with Crippen molar-refractivity contribution in [3.8, 4) is 5.75 Å². The van der Waals surface area contributed by atoms with E-state index >= 15 is 0 Å². The molecule has 24 heavy (non-hydrogen) atoms. The molecule has 0 saturated heterocycles. The van der Waals surface area contributed by atoms with Crippen molar-refractivity contribution in [2.75, 3.05) is 6.54 Å². The van der Waals surface area contributed by atoms with E-state index in [1.54, 1.807) is 6.07 Å². The Balaban J connectivity index is 1.79. The SMILES string of the molecule is CCCc1nc2c(c(=O)[nH]1)CN(Cc1cc(F)c(O)c(Cl)c1)CC2. The zero-order valence-electron chi connectivity index (χ0n) is 13.4. The molecule has 1 aliphatic rings. The number of aromatic hydroxyl groups is 1. The lowest BCUT2D eigenvalue weighted by Gasteiger charge is -2.27. The first-order valence-corrected chi connectivity index (χ1v) is 8.36. The standard InChI is InChI=1S/C17H19ClFN3O2/c1-2-3-15-20-14-4-5-22(9-11(14)17(24)21-15)8-10-6-12(18)16(23)13(19)7-10/h6-7,23H,2-5,8-9H2,1H3,(H,20,21,24). The molecule has 0 atom stereocenters. The molecule has 2 heterocycles. The summed E-state index contributed by atoms with van der Waals surface area (Å²) in [7, 11) is 0. The molecule has 7 heteroatoms. The van der Waals surface area contributed by atoms with Crippen LogP contribution in [0.25, 0.3) is 0 Å². The van der Waals surface area contributed by atoms with Gasteiger partial charge in [-0.3, -0.25) is 9.69 Å². The number of phenolic OH excluding ortho intramolecular Hbond substituents is 1. The number of aromatic nitrogens is 2. The van der Waals surface area contributed by atoms with Crippen LogP contribution in [0.3, 0.4) is 0 Å². The van der Waals surface area contributed by atoms with E-state index in [0.717, 1.165) is 30.9 Å². The van der Waals surface area contributed by atoms with E-state index in [4.69, 9.17) is 11.6 Å². The molecule has 0 saturated carbocycles. The van der Waals surface area contributed by atoms with E-state index in [1.165, 1.54) is 6.07 Å². The van der Waals surface area contributed by atoms with Crippen LogP contribution in [0.1, 0.15) is 36.0 Å². The molecule has 1 aromatic carbocycles. The Morgan fingerprint density at radius 1 is 1.46 bits per heavy atom. The fourth-order valence-corrected chi connectivity index (χ4v) is 3.22. The Bertz CT molecular complexity index is 799. The van der Waals surface area contributed by atoms with Gasteiger partial charge in [0, 0.05) is 32.5 Å². The van der Waals surface area contributed by atoms with Crippen molar-refractivity contribution in [2.45, 2.75) is 39.3 Å². The Hall–Kier alpha value is -1.92. The average molecular weight is 352 g/mol. The minimum atomic E-state index is -0.737. The fourth-order valence-electron chi connectivity index (χ4n) is 2.99. The van der Waals surface area contributed by atoms with Crippen LogP contribution in [0.4, 0.5) is 4.39 Å². The van der Waals surface area contributed by atoms with Gasteiger partial charge in [-0.2, -0.15) is 0 Å². The lowest BCUT2D eigenvalue weighted by molar-refractivity contribution is 0.241. The van der Waals surface area contributed by atoms with Crippen LogP contribution in [-0.2, 0) is 25.9 Å². The summed E-state index contributed by atoms with van der Waals surface area (Å²) in [4.78, 5) is 21.7. The van der Waals surface area contributed by atoms with E-state index in [2.05, 4.69) is 9.97 Å². The van der Waals surface area contributed by atoms with Crippen molar-refractivity contribution in [3.05, 3.63) is 56.0 Å². The first-order valence-electron chi connectivity index (χ1n) is 7.98. The molecule has 0 aliphatic carbocycles. The number of aryl methyl sites for hydroxylation is 1. The Labute approximate surface area is 144 Å². The van der Waals surface area contributed by atoms with Gasteiger partial charge in [0.1, 0.15) is 5.82 Å². The summed E-state index contributed by atoms with van der Waals surface area (Å²) in [6.07, 6.45) is 2.38. The smallest absolute Gasteiger partial charge is 0.255 e. The number of phenols is 1. The van der Waals surface area contributed by atoms with Crippen LogP contribution in [-0.4, -0.2) is 26.5 Å². The molecule has 3 rings (SSSR count). The summed E-state index contributed by atoms with van der Waals surface area (Å²) in [6, 6.07) is 2.81. The Morgan fingerprint density at radius 3 is 2.96 bits per heavy atom. The van der Waals surface area contributed by atoms with Gasteiger partial charge in [0.25, 0.3) is 5.56 Å². The molecule has 128 valence electrons. The van der Waals surface area contributed by atoms with Crippen LogP contribution in [0.15, 0.2) is 16.9 Å². The quantitative estimate of drug-likeness (QED) is 0.888. The highest BCUT2D eigenvalue weighted by atomic mass is 35.5. The molecule has 0 radical (unpaired) electrons. The van der Waals surface area contributed by atoms with E-state index in [0.29, 0.717) is 30.6 Å². The number of nitrogens with one attached hydrogen (secondary N) is 1. The number of aromatic amines is 1. The molecule has 1 aliphatic heterocycles. The molecular formula is C17H19ClFN3O2. The Morgan fingerprint density at radius 2 is 2.25 bits per heavy atom. The number of hydrogen-bond donors (Lipinski definition) is 2. The van der Waals surface area contributed by atoms with Crippen LogP contribution >= 0.6 is 11.6 Å².